The van der Waals surface area contributed by atoms with Crippen LogP contribution in [0, 0.1) is 6.92 Å². The SMILES string of the molecule is Cc1ccc(-c2ccccc2)n1-c1ccc(Nc2ccc(N=Nc3n(C)cc[n+]3C)cc2)cc1. The Kier molecular flexibility index (Phi) is 5.79. The van der Waals surface area contributed by atoms with Crippen LogP contribution in [0.2, 0.25) is 0 Å². The van der Waals surface area contributed by atoms with Crippen LogP contribution in [-0.4, -0.2) is 9.13 Å². The second-order valence-corrected chi connectivity index (χ2v) is 8.30. The van der Waals surface area contributed by atoms with Crippen LogP contribution in [0.1, 0.15) is 5.69 Å². The second kappa shape index (κ2) is 9.19. The first-order chi connectivity index (χ1) is 16.6. The van der Waals surface area contributed by atoms with Gasteiger partial charge in [-0.15, -0.1) is 0 Å². The van der Waals surface area contributed by atoms with Crippen molar-refractivity contribution in [3.63, 3.8) is 0 Å². The van der Waals surface area contributed by atoms with E-state index in [-0.39, 0.29) is 0 Å². The number of hydrogen-bond donors (Lipinski definition) is 1. The number of imidazole rings is 1. The molecule has 34 heavy (non-hydrogen) atoms. The van der Waals surface area contributed by atoms with E-state index in [1.54, 1.807) is 0 Å². The molecule has 0 saturated heterocycles. The predicted octanol–water partition coefficient (Wildman–Crippen LogP) is 6.77. The predicted molar refractivity (Wildman–Crippen MR) is 136 cm³/mol. The monoisotopic (exact) mass is 447 g/mol. The Morgan fingerprint density at radius 1 is 0.765 bits per heavy atom. The van der Waals surface area contributed by atoms with Gasteiger partial charge in [0, 0.05) is 27.9 Å². The number of aryl methyl sites for hydroxylation is 3. The lowest BCUT2D eigenvalue weighted by atomic mass is 10.1. The van der Waals surface area contributed by atoms with Crippen molar-refractivity contribution in [3.05, 3.63) is 109 Å². The van der Waals surface area contributed by atoms with Crippen molar-refractivity contribution in [2.24, 2.45) is 24.3 Å². The Balaban J connectivity index is 1.31. The maximum absolute atomic E-state index is 4.35. The summed E-state index contributed by atoms with van der Waals surface area (Å²) in [6.07, 6.45) is 3.90. The molecule has 0 aliphatic heterocycles. The molecule has 0 fully saturated rings. The van der Waals surface area contributed by atoms with Gasteiger partial charge in [-0.25, -0.2) is 9.13 Å². The number of hydrogen-bond acceptors (Lipinski definition) is 3. The summed E-state index contributed by atoms with van der Waals surface area (Å²) in [5.41, 5.74) is 7.56. The third kappa shape index (κ3) is 4.38. The van der Waals surface area contributed by atoms with E-state index < -0.39 is 0 Å². The normalized spacial score (nSPS) is 11.3. The molecule has 3 aromatic carbocycles. The standard InChI is InChI=1S/C28H26N6/c1-21-9-18-27(22-7-5-4-6-8-22)34(21)26-16-14-24(15-17-26)29-23-10-12-25(13-11-23)30-31-28-32(2)19-20-33(28)3/h4-20H,1-3H3/p+1. The highest BCUT2D eigenvalue weighted by Gasteiger charge is 2.11. The topological polar surface area (TPSA) is 50.5 Å². The molecule has 5 aromatic rings. The first-order valence-corrected chi connectivity index (χ1v) is 11.2. The molecule has 6 nitrogen and oxygen atoms in total. The number of nitrogens with zero attached hydrogens (tertiary/aromatic N) is 5. The van der Waals surface area contributed by atoms with Gasteiger partial charge in [-0.05, 0) is 73.2 Å². The van der Waals surface area contributed by atoms with Crippen LogP contribution in [0.3, 0.4) is 0 Å². The van der Waals surface area contributed by atoms with Crippen molar-refractivity contribution in [2.75, 3.05) is 5.32 Å². The fraction of sp³-hybridized carbons (Fsp3) is 0.107. The molecule has 6 heteroatoms. The zero-order valence-electron chi connectivity index (χ0n) is 19.6. The summed E-state index contributed by atoms with van der Waals surface area (Å²) in [5, 5.41) is 12.2. The molecule has 5 rings (SSSR count). The number of nitrogens with one attached hydrogen (secondary N) is 1. The minimum absolute atomic E-state index is 0.788. The smallest absolute Gasteiger partial charge is 0.356 e. The molecule has 1 N–H and O–H groups in total. The van der Waals surface area contributed by atoms with Gasteiger partial charge in [0.05, 0.1) is 32.2 Å². The minimum Gasteiger partial charge on any atom is -0.356 e. The summed E-state index contributed by atoms with van der Waals surface area (Å²) in [4.78, 5) is 0. The van der Waals surface area contributed by atoms with Gasteiger partial charge in [0.15, 0.2) is 0 Å². The molecular weight excluding hydrogens is 420 g/mol. The van der Waals surface area contributed by atoms with Gasteiger partial charge in [-0.2, -0.15) is 0 Å². The van der Waals surface area contributed by atoms with Gasteiger partial charge in [0.1, 0.15) is 5.69 Å². The van der Waals surface area contributed by atoms with Crippen molar-refractivity contribution in [3.8, 4) is 16.9 Å². The number of aromatic nitrogens is 3. The van der Waals surface area contributed by atoms with Crippen LogP contribution in [0.25, 0.3) is 16.9 Å². The first kappa shape index (κ1) is 21.4. The molecule has 0 bridgehead atoms. The lowest BCUT2D eigenvalue weighted by molar-refractivity contribution is -0.657. The molecule has 0 amide bonds. The zero-order valence-corrected chi connectivity index (χ0v) is 19.6. The van der Waals surface area contributed by atoms with Crippen molar-refractivity contribution >= 4 is 23.0 Å². The van der Waals surface area contributed by atoms with Gasteiger partial charge in [0.25, 0.3) is 0 Å². The maximum Gasteiger partial charge on any atom is 0.421 e. The minimum atomic E-state index is 0.788. The zero-order chi connectivity index (χ0) is 23.5. The van der Waals surface area contributed by atoms with E-state index in [0.717, 1.165) is 28.7 Å². The quantitative estimate of drug-likeness (QED) is 0.226. The van der Waals surface area contributed by atoms with Gasteiger partial charge >= 0.3 is 5.95 Å². The van der Waals surface area contributed by atoms with E-state index in [2.05, 4.69) is 87.7 Å². The third-order valence-electron chi connectivity index (χ3n) is 5.83. The molecule has 0 spiro atoms. The summed E-state index contributed by atoms with van der Waals surface area (Å²) in [7, 11) is 3.90. The van der Waals surface area contributed by atoms with E-state index in [4.69, 9.17) is 0 Å². The molecule has 0 unspecified atom stereocenters. The highest BCUT2D eigenvalue weighted by molar-refractivity contribution is 5.66. The van der Waals surface area contributed by atoms with Crippen LogP contribution >= 0.6 is 0 Å². The Morgan fingerprint density at radius 2 is 1.44 bits per heavy atom. The lowest BCUT2D eigenvalue weighted by Crippen LogP contribution is -2.25. The molecule has 0 atom stereocenters. The summed E-state index contributed by atoms with van der Waals surface area (Å²) in [5.74, 6) is 0.788. The summed E-state index contributed by atoms with van der Waals surface area (Å²) in [6, 6.07) is 31.2. The van der Waals surface area contributed by atoms with Crippen LogP contribution < -0.4 is 9.88 Å². The average molecular weight is 448 g/mol. The summed E-state index contributed by atoms with van der Waals surface area (Å²) < 4.78 is 6.15. The van der Waals surface area contributed by atoms with E-state index >= 15 is 0 Å². The Bertz CT molecular complexity index is 1410. The third-order valence-corrected chi connectivity index (χ3v) is 5.83. The Morgan fingerprint density at radius 3 is 2.09 bits per heavy atom. The van der Waals surface area contributed by atoms with Crippen molar-refractivity contribution < 1.29 is 4.57 Å². The van der Waals surface area contributed by atoms with Crippen LogP contribution in [0.15, 0.2) is 114 Å². The van der Waals surface area contributed by atoms with Crippen molar-refractivity contribution in [1.29, 1.82) is 0 Å². The van der Waals surface area contributed by atoms with E-state index in [0.29, 0.717) is 0 Å². The van der Waals surface area contributed by atoms with E-state index in [9.17, 15) is 0 Å². The highest BCUT2D eigenvalue weighted by atomic mass is 15.3. The lowest BCUT2D eigenvalue weighted by Gasteiger charge is -2.13. The first-order valence-electron chi connectivity index (χ1n) is 11.2. The molecule has 2 heterocycles. The summed E-state index contributed by atoms with van der Waals surface area (Å²) >= 11 is 0. The molecule has 0 aliphatic rings. The number of anilines is 2. The molecular formula is C28H27N6+. The molecule has 168 valence electrons. The fourth-order valence-corrected chi connectivity index (χ4v) is 4.01. The van der Waals surface area contributed by atoms with Gasteiger partial charge in [0.2, 0.25) is 0 Å². The summed E-state index contributed by atoms with van der Waals surface area (Å²) in [6.45, 7) is 2.13. The van der Waals surface area contributed by atoms with Crippen molar-refractivity contribution in [1.82, 2.24) is 9.13 Å². The van der Waals surface area contributed by atoms with E-state index in [1.807, 2.05) is 66.0 Å². The maximum atomic E-state index is 4.35. The van der Waals surface area contributed by atoms with Crippen molar-refractivity contribution in [2.45, 2.75) is 6.92 Å². The van der Waals surface area contributed by atoms with Gasteiger partial charge in [-0.1, -0.05) is 35.4 Å². The second-order valence-electron chi connectivity index (χ2n) is 8.30. The Hall–Kier alpha value is -4.45. The van der Waals surface area contributed by atoms with Crippen LogP contribution in [0.5, 0.6) is 0 Å². The van der Waals surface area contributed by atoms with Gasteiger partial charge in [-0.3, -0.25) is 0 Å². The molecule has 0 aliphatic carbocycles. The number of rotatable bonds is 6. The van der Waals surface area contributed by atoms with Gasteiger partial charge < -0.3 is 9.88 Å². The Labute approximate surface area is 199 Å². The largest absolute Gasteiger partial charge is 0.421 e. The number of benzene rings is 3. The van der Waals surface area contributed by atoms with Crippen LogP contribution in [0.4, 0.5) is 23.0 Å². The molecule has 0 radical (unpaired) electrons. The molecule has 2 aromatic heterocycles. The highest BCUT2D eigenvalue weighted by Crippen LogP contribution is 2.28. The van der Waals surface area contributed by atoms with E-state index in [1.165, 1.54) is 17.0 Å². The average Bonchev–Trinajstić information content (AvgIpc) is 3.41. The molecule has 0 saturated carbocycles. The fourth-order valence-electron chi connectivity index (χ4n) is 4.01. The number of azo groups is 1. The van der Waals surface area contributed by atoms with Crippen LogP contribution in [-0.2, 0) is 14.1 Å².